The van der Waals surface area contributed by atoms with E-state index < -0.39 is 0 Å². The number of rotatable bonds is 1. The van der Waals surface area contributed by atoms with Crippen molar-refractivity contribution in [3.63, 3.8) is 0 Å². The van der Waals surface area contributed by atoms with Crippen LogP contribution in [0.3, 0.4) is 0 Å². The molecule has 1 heterocycles. The van der Waals surface area contributed by atoms with Gasteiger partial charge in [0, 0.05) is 36.8 Å². The Morgan fingerprint density at radius 3 is 2.38 bits per heavy atom. The Labute approximate surface area is 144 Å². The van der Waals surface area contributed by atoms with Crippen molar-refractivity contribution >= 4 is 48.0 Å². The van der Waals surface area contributed by atoms with Gasteiger partial charge in [0.25, 0.3) is 0 Å². The minimum atomic E-state index is 0.820. The largest absolute Gasteiger partial charge is 0.398 e. The number of nitrogens with two attached hydrogens (primary N) is 1. The molecule has 0 amide bonds. The molecule has 0 aliphatic carbocycles. The minimum absolute atomic E-state index is 0.820. The second kappa shape index (κ2) is 5.08. The summed E-state index contributed by atoms with van der Waals surface area (Å²) in [5.41, 5.74) is 9.26. The Kier molecular flexibility index (Phi) is 2.88. The van der Waals surface area contributed by atoms with Crippen LogP contribution in [0.5, 0.6) is 0 Å². The average molecular weight is 325 g/mol. The summed E-state index contributed by atoms with van der Waals surface area (Å²) in [6.45, 7) is 0. The van der Waals surface area contributed by atoms with E-state index in [2.05, 4.69) is 60.7 Å². The molecule has 4 aromatic carbocycles. The number of para-hydroxylation sites is 1. The van der Waals surface area contributed by atoms with Crippen LogP contribution in [0.15, 0.2) is 78.9 Å². The molecule has 0 radical (unpaired) electrons. The van der Waals surface area contributed by atoms with Gasteiger partial charge in [-0.05, 0) is 29.1 Å². The molecule has 0 fully saturated rings. The maximum Gasteiger partial charge on any atom is 0.0434 e. The Bertz CT molecular complexity index is 1220. The van der Waals surface area contributed by atoms with Gasteiger partial charge in [0.05, 0.1) is 0 Å². The molecule has 5 rings (SSSR count). The number of hydrogen-bond acceptors (Lipinski definition) is 2. The summed E-state index contributed by atoms with van der Waals surface area (Å²) < 4.78 is 2.69. The fourth-order valence-electron chi connectivity index (χ4n) is 3.43. The number of thiophene rings is 1. The standard InChI is InChI=1S/C22H15NS/c23-20-7-3-1-5-16(20)15-10-9-14-11-12-18-17-6-2-4-8-21(17)24-22(18)19(14)13-15/h1-13H,23H2. The fourth-order valence-corrected chi connectivity index (χ4v) is 4.66. The molecule has 0 unspecified atom stereocenters. The molecule has 0 aliphatic rings. The summed E-state index contributed by atoms with van der Waals surface area (Å²) in [7, 11) is 0. The van der Waals surface area contributed by atoms with Crippen LogP contribution in [0.25, 0.3) is 42.1 Å². The first kappa shape index (κ1) is 13.6. The van der Waals surface area contributed by atoms with Crippen molar-refractivity contribution in [3.8, 4) is 11.1 Å². The van der Waals surface area contributed by atoms with E-state index in [1.165, 1.54) is 36.5 Å². The molecule has 0 aliphatic heterocycles. The van der Waals surface area contributed by atoms with E-state index in [0.29, 0.717) is 0 Å². The summed E-state index contributed by atoms with van der Waals surface area (Å²) in [5, 5.41) is 5.24. The first-order valence-electron chi connectivity index (χ1n) is 8.00. The molecular weight excluding hydrogens is 310 g/mol. The summed E-state index contributed by atoms with van der Waals surface area (Å²) in [6, 6.07) is 27.8. The van der Waals surface area contributed by atoms with E-state index in [1.807, 2.05) is 29.5 Å². The third-order valence-corrected chi connectivity index (χ3v) is 5.85. The molecule has 0 saturated heterocycles. The maximum absolute atomic E-state index is 6.17. The van der Waals surface area contributed by atoms with E-state index in [9.17, 15) is 0 Å². The van der Waals surface area contributed by atoms with Crippen LogP contribution < -0.4 is 5.73 Å². The zero-order chi connectivity index (χ0) is 16.1. The van der Waals surface area contributed by atoms with Gasteiger partial charge in [-0.1, -0.05) is 60.7 Å². The van der Waals surface area contributed by atoms with Crippen LogP contribution in [0.1, 0.15) is 0 Å². The highest BCUT2D eigenvalue weighted by Gasteiger charge is 2.09. The molecule has 0 bridgehead atoms. The van der Waals surface area contributed by atoms with Gasteiger partial charge in [0.15, 0.2) is 0 Å². The first-order valence-corrected chi connectivity index (χ1v) is 8.82. The SMILES string of the molecule is Nc1ccccc1-c1ccc2ccc3c4ccccc4sc3c2c1. The van der Waals surface area contributed by atoms with Crippen molar-refractivity contribution in [2.24, 2.45) is 0 Å². The highest BCUT2D eigenvalue weighted by atomic mass is 32.1. The Balaban J connectivity index is 1.87. The lowest BCUT2D eigenvalue weighted by Gasteiger charge is -2.08. The molecule has 0 atom stereocenters. The molecule has 24 heavy (non-hydrogen) atoms. The predicted octanol–water partition coefficient (Wildman–Crippen LogP) is 6.46. The smallest absolute Gasteiger partial charge is 0.0434 e. The summed E-state index contributed by atoms with van der Waals surface area (Å²) in [4.78, 5) is 0. The van der Waals surface area contributed by atoms with Gasteiger partial charge in [0.1, 0.15) is 0 Å². The van der Waals surface area contributed by atoms with E-state index in [-0.39, 0.29) is 0 Å². The van der Waals surface area contributed by atoms with Crippen LogP contribution in [-0.4, -0.2) is 0 Å². The van der Waals surface area contributed by atoms with Gasteiger partial charge >= 0.3 is 0 Å². The van der Waals surface area contributed by atoms with E-state index in [1.54, 1.807) is 0 Å². The molecule has 114 valence electrons. The zero-order valence-corrected chi connectivity index (χ0v) is 13.8. The zero-order valence-electron chi connectivity index (χ0n) is 13.0. The van der Waals surface area contributed by atoms with Crippen molar-refractivity contribution in [3.05, 3.63) is 78.9 Å². The topological polar surface area (TPSA) is 26.0 Å². The van der Waals surface area contributed by atoms with Crippen LogP contribution >= 0.6 is 11.3 Å². The van der Waals surface area contributed by atoms with Crippen LogP contribution in [0.4, 0.5) is 5.69 Å². The molecule has 2 heteroatoms. The molecule has 2 N–H and O–H groups in total. The molecule has 0 spiro atoms. The normalized spacial score (nSPS) is 11.5. The number of hydrogen-bond donors (Lipinski definition) is 1. The maximum atomic E-state index is 6.17. The quantitative estimate of drug-likeness (QED) is 0.352. The van der Waals surface area contributed by atoms with E-state index in [0.717, 1.165) is 11.3 Å². The van der Waals surface area contributed by atoms with Crippen molar-refractivity contribution in [2.45, 2.75) is 0 Å². The molecule has 1 aromatic heterocycles. The highest BCUT2D eigenvalue weighted by Crippen LogP contribution is 2.39. The van der Waals surface area contributed by atoms with Crippen molar-refractivity contribution in [2.75, 3.05) is 5.73 Å². The number of nitrogen functional groups attached to an aromatic ring is 1. The summed E-state index contributed by atoms with van der Waals surface area (Å²) >= 11 is 1.87. The second-order valence-corrected chi connectivity index (χ2v) is 7.12. The molecular formula is C22H15NS. The van der Waals surface area contributed by atoms with Gasteiger partial charge in [-0.15, -0.1) is 11.3 Å². The van der Waals surface area contributed by atoms with Crippen molar-refractivity contribution in [1.82, 2.24) is 0 Å². The second-order valence-electron chi connectivity index (χ2n) is 6.06. The average Bonchev–Trinajstić information content (AvgIpc) is 3.01. The number of fused-ring (bicyclic) bond motifs is 5. The van der Waals surface area contributed by atoms with E-state index >= 15 is 0 Å². The highest BCUT2D eigenvalue weighted by molar-refractivity contribution is 7.26. The van der Waals surface area contributed by atoms with Crippen molar-refractivity contribution < 1.29 is 0 Å². The predicted molar refractivity (Wildman–Crippen MR) is 107 cm³/mol. The van der Waals surface area contributed by atoms with Crippen molar-refractivity contribution in [1.29, 1.82) is 0 Å². The fraction of sp³-hybridized carbons (Fsp3) is 0. The Hall–Kier alpha value is -2.84. The van der Waals surface area contributed by atoms with Gasteiger partial charge in [-0.2, -0.15) is 0 Å². The monoisotopic (exact) mass is 325 g/mol. The van der Waals surface area contributed by atoms with Crippen LogP contribution in [0, 0.1) is 0 Å². The van der Waals surface area contributed by atoms with Gasteiger partial charge < -0.3 is 5.73 Å². The Morgan fingerprint density at radius 2 is 1.46 bits per heavy atom. The van der Waals surface area contributed by atoms with E-state index in [4.69, 9.17) is 5.73 Å². The molecule has 0 saturated carbocycles. The Morgan fingerprint density at radius 1 is 0.667 bits per heavy atom. The van der Waals surface area contributed by atoms with Gasteiger partial charge in [-0.3, -0.25) is 0 Å². The van der Waals surface area contributed by atoms with Gasteiger partial charge in [0.2, 0.25) is 0 Å². The lowest BCUT2D eigenvalue weighted by molar-refractivity contribution is 1.64. The lowest BCUT2D eigenvalue weighted by atomic mass is 9.99. The number of anilines is 1. The third-order valence-electron chi connectivity index (χ3n) is 4.63. The molecule has 1 nitrogen and oxygen atoms in total. The van der Waals surface area contributed by atoms with Crippen LogP contribution in [-0.2, 0) is 0 Å². The first-order chi connectivity index (χ1) is 11.8. The lowest BCUT2D eigenvalue weighted by Crippen LogP contribution is -1.89. The summed E-state index contributed by atoms with van der Waals surface area (Å²) in [5.74, 6) is 0. The number of benzene rings is 4. The van der Waals surface area contributed by atoms with Gasteiger partial charge in [-0.25, -0.2) is 0 Å². The third kappa shape index (κ3) is 1.93. The van der Waals surface area contributed by atoms with Crippen LogP contribution in [0.2, 0.25) is 0 Å². The molecule has 5 aromatic rings. The minimum Gasteiger partial charge on any atom is -0.398 e. The summed E-state index contributed by atoms with van der Waals surface area (Å²) in [6.07, 6.45) is 0.